The molecule has 2 aliphatic heterocycles. The Morgan fingerprint density at radius 1 is 1.56 bits per heavy atom. The topological polar surface area (TPSA) is 90.5 Å². The van der Waals surface area contributed by atoms with Crippen LogP contribution in [0.1, 0.15) is 19.3 Å². The highest BCUT2D eigenvalue weighted by atomic mass is 16.3. The van der Waals surface area contributed by atoms with Crippen LogP contribution in [-0.4, -0.2) is 48.2 Å². The van der Waals surface area contributed by atoms with Crippen molar-refractivity contribution >= 4 is 11.8 Å². The van der Waals surface area contributed by atoms with Crippen molar-refractivity contribution in [2.24, 2.45) is 0 Å². The van der Waals surface area contributed by atoms with Crippen LogP contribution >= 0.6 is 0 Å². The SMILES string of the molecule is O=C1CCC(CNC(=O)C2CC(O)CN2)N1. The van der Waals surface area contributed by atoms with E-state index in [4.69, 9.17) is 0 Å². The lowest BCUT2D eigenvalue weighted by Gasteiger charge is -2.14. The van der Waals surface area contributed by atoms with Crippen LogP contribution in [0.3, 0.4) is 0 Å². The summed E-state index contributed by atoms with van der Waals surface area (Å²) in [4.78, 5) is 22.6. The molecule has 2 heterocycles. The normalized spacial score (nSPS) is 33.8. The van der Waals surface area contributed by atoms with Crippen LogP contribution in [0.25, 0.3) is 0 Å². The van der Waals surface area contributed by atoms with Crippen molar-refractivity contribution in [3.05, 3.63) is 0 Å². The van der Waals surface area contributed by atoms with Crippen molar-refractivity contribution in [2.75, 3.05) is 13.1 Å². The summed E-state index contributed by atoms with van der Waals surface area (Å²) in [5.74, 6) is -0.0497. The van der Waals surface area contributed by atoms with E-state index >= 15 is 0 Å². The molecule has 0 spiro atoms. The van der Waals surface area contributed by atoms with Gasteiger partial charge in [0.1, 0.15) is 0 Å². The van der Waals surface area contributed by atoms with Gasteiger partial charge in [-0.05, 0) is 12.8 Å². The second kappa shape index (κ2) is 4.80. The van der Waals surface area contributed by atoms with E-state index < -0.39 is 6.10 Å². The second-order valence-electron chi connectivity index (χ2n) is 4.40. The van der Waals surface area contributed by atoms with Crippen LogP contribution in [0.4, 0.5) is 0 Å². The van der Waals surface area contributed by atoms with Crippen LogP contribution in [-0.2, 0) is 9.59 Å². The molecule has 16 heavy (non-hydrogen) atoms. The number of hydrogen-bond donors (Lipinski definition) is 4. The average molecular weight is 227 g/mol. The quantitative estimate of drug-likeness (QED) is 0.453. The van der Waals surface area contributed by atoms with Crippen molar-refractivity contribution < 1.29 is 14.7 Å². The molecule has 0 bridgehead atoms. The van der Waals surface area contributed by atoms with Gasteiger partial charge in [-0.2, -0.15) is 0 Å². The minimum Gasteiger partial charge on any atom is -0.392 e. The molecule has 2 amide bonds. The van der Waals surface area contributed by atoms with Crippen LogP contribution in [0.15, 0.2) is 0 Å². The molecule has 2 rings (SSSR count). The second-order valence-corrected chi connectivity index (χ2v) is 4.40. The third-order valence-electron chi connectivity index (χ3n) is 3.03. The highest BCUT2D eigenvalue weighted by Gasteiger charge is 2.29. The number of hydrogen-bond acceptors (Lipinski definition) is 4. The lowest BCUT2D eigenvalue weighted by atomic mass is 10.2. The molecule has 0 radical (unpaired) electrons. The average Bonchev–Trinajstić information content (AvgIpc) is 2.84. The number of nitrogens with one attached hydrogen (secondary N) is 3. The van der Waals surface area contributed by atoms with Gasteiger partial charge in [0, 0.05) is 25.6 Å². The van der Waals surface area contributed by atoms with Gasteiger partial charge in [0.2, 0.25) is 11.8 Å². The molecule has 6 nitrogen and oxygen atoms in total. The molecule has 2 aliphatic rings. The maximum atomic E-state index is 11.6. The summed E-state index contributed by atoms with van der Waals surface area (Å²) in [6.45, 7) is 0.942. The number of β-amino-alcohol motifs (C(OH)–C–C–N with tert-alkyl or cyclic N) is 1. The Morgan fingerprint density at radius 3 is 2.94 bits per heavy atom. The van der Waals surface area contributed by atoms with Gasteiger partial charge in [-0.1, -0.05) is 0 Å². The first kappa shape index (κ1) is 11.3. The fourth-order valence-corrected chi connectivity index (χ4v) is 2.09. The van der Waals surface area contributed by atoms with Crippen molar-refractivity contribution in [3.8, 4) is 0 Å². The number of amides is 2. The molecule has 0 saturated carbocycles. The van der Waals surface area contributed by atoms with Gasteiger partial charge in [-0.25, -0.2) is 0 Å². The number of carbonyl (C=O) groups excluding carboxylic acids is 2. The number of aliphatic hydroxyl groups is 1. The number of carbonyl (C=O) groups is 2. The van der Waals surface area contributed by atoms with E-state index in [0.717, 1.165) is 6.42 Å². The summed E-state index contributed by atoms with van der Waals surface area (Å²) in [7, 11) is 0. The minimum atomic E-state index is -0.429. The standard InChI is InChI=1S/C10H17N3O3/c14-7-3-8(11-5-7)10(16)12-4-6-1-2-9(15)13-6/h6-8,11,14H,1-5H2,(H,12,16)(H,13,15). The van der Waals surface area contributed by atoms with E-state index in [1.807, 2.05) is 0 Å². The molecule has 0 aromatic rings. The van der Waals surface area contributed by atoms with E-state index in [1.54, 1.807) is 0 Å². The van der Waals surface area contributed by atoms with Gasteiger partial charge in [0.25, 0.3) is 0 Å². The van der Waals surface area contributed by atoms with Crippen LogP contribution in [0, 0.1) is 0 Å². The van der Waals surface area contributed by atoms with Gasteiger partial charge < -0.3 is 21.1 Å². The molecule has 90 valence electrons. The zero-order chi connectivity index (χ0) is 11.5. The maximum absolute atomic E-state index is 11.6. The highest BCUT2D eigenvalue weighted by Crippen LogP contribution is 2.07. The van der Waals surface area contributed by atoms with Gasteiger partial charge in [-0.3, -0.25) is 9.59 Å². The lowest BCUT2D eigenvalue weighted by molar-refractivity contribution is -0.123. The smallest absolute Gasteiger partial charge is 0.237 e. The summed E-state index contributed by atoms with van der Waals surface area (Å²) < 4.78 is 0. The Balaban J connectivity index is 1.69. The Hall–Kier alpha value is -1.14. The summed E-state index contributed by atoms with van der Waals surface area (Å²) in [5.41, 5.74) is 0. The predicted molar refractivity (Wildman–Crippen MR) is 56.6 cm³/mol. The third kappa shape index (κ3) is 2.70. The number of rotatable bonds is 3. The molecular weight excluding hydrogens is 210 g/mol. The molecule has 6 heteroatoms. The van der Waals surface area contributed by atoms with Gasteiger partial charge in [0.15, 0.2) is 0 Å². The van der Waals surface area contributed by atoms with Gasteiger partial charge in [-0.15, -0.1) is 0 Å². The van der Waals surface area contributed by atoms with E-state index in [1.165, 1.54) is 0 Å². The van der Waals surface area contributed by atoms with E-state index in [-0.39, 0.29) is 23.9 Å². The van der Waals surface area contributed by atoms with Crippen LogP contribution < -0.4 is 16.0 Å². The Bertz CT molecular complexity index is 295. The van der Waals surface area contributed by atoms with E-state index in [0.29, 0.717) is 25.9 Å². The lowest BCUT2D eigenvalue weighted by Crippen LogP contribution is -2.45. The molecule has 2 saturated heterocycles. The Morgan fingerprint density at radius 2 is 2.38 bits per heavy atom. The largest absolute Gasteiger partial charge is 0.392 e. The zero-order valence-corrected chi connectivity index (χ0v) is 9.03. The van der Waals surface area contributed by atoms with Gasteiger partial charge >= 0.3 is 0 Å². The van der Waals surface area contributed by atoms with Crippen LogP contribution in [0.2, 0.25) is 0 Å². The van der Waals surface area contributed by atoms with Gasteiger partial charge in [0.05, 0.1) is 12.1 Å². The van der Waals surface area contributed by atoms with E-state index in [2.05, 4.69) is 16.0 Å². The van der Waals surface area contributed by atoms with Crippen LogP contribution in [0.5, 0.6) is 0 Å². The van der Waals surface area contributed by atoms with Crippen molar-refractivity contribution in [1.29, 1.82) is 0 Å². The molecule has 2 fully saturated rings. The van der Waals surface area contributed by atoms with Crippen molar-refractivity contribution in [1.82, 2.24) is 16.0 Å². The highest BCUT2D eigenvalue weighted by molar-refractivity contribution is 5.82. The molecule has 0 aliphatic carbocycles. The Kier molecular flexibility index (Phi) is 3.40. The first-order chi connectivity index (χ1) is 7.65. The molecule has 0 aromatic carbocycles. The third-order valence-corrected chi connectivity index (χ3v) is 3.03. The first-order valence-electron chi connectivity index (χ1n) is 5.63. The molecule has 3 atom stereocenters. The summed E-state index contributed by atoms with van der Waals surface area (Å²) in [6.07, 6.45) is 1.35. The van der Waals surface area contributed by atoms with E-state index in [9.17, 15) is 14.7 Å². The Labute approximate surface area is 93.8 Å². The number of aliphatic hydroxyl groups excluding tert-OH is 1. The fraction of sp³-hybridized carbons (Fsp3) is 0.800. The van der Waals surface area contributed by atoms with Crippen molar-refractivity contribution in [2.45, 2.75) is 37.5 Å². The zero-order valence-electron chi connectivity index (χ0n) is 9.03. The molecular formula is C10H17N3O3. The predicted octanol–water partition coefficient (Wildman–Crippen LogP) is -1.90. The van der Waals surface area contributed by atoms with Crippen molar-refractivity contribution in [3.63, 3.8) is 0 Å². The monoisotopic (exact) mass is 227 g/mol. The first-order valence-corrected chi connectivity index (χ1v) is 5.63. The summed E-state index contributed by atoms with van der Waals surface area (Å²) >= 11 is 0. The molecule has 3 unspecified atom stereocenters. The molecule has 0 aromatic heterocycles. The maximum Gasteiger partial charge on any atom is 0.237 e. The molecule has 4 N–H and O–H groups in total. The fourth-order valence-electron chi connectivity index (χ4n) is 2.09. The minimum absolute atomic E-state index is 0.0497. The summed E-state index contributed by atoms with van der Waals surface area (Å²) in [6, 6.07) is -0.241. The summed E-state index contributed by atoms with van der Waals surface area (Å²) in [5, 5.41) is 17.8.